The van der Waals surface area contributed by atoms with Crippen LogP contribution < -0.4 is 15.2 Å². The molecule has 0 radical (unpaired) electrons. The van der Waals surface area contributed by atoms with Crippen LogP contribution in [0.1, 0.15) is 18.0 Å². The smallest absolute Gasteiger partial charge is 0.387 e. The van der Waals surface area contributed by atoms with E-state index in [-0.39, 0.29) is 12.0 Å². The Morgan fingerprint density at radius 1 is 1.14 bits per heavy atom. The molecular formula is C12H13F4NO4. The van der Waals surface area contributed by atoms with Gasteiger partial charge in [0, 0.05) is 6.04 Å². The summed E-state index contributed by atoms with van der Waals surface area (Å²) in [6.07, 6.45) is -0.209. The molecule has 0 aliphatic carbocycles. The van der Waals surface area contributed by atoms with E-state index in [2.05, 4.69) is 14.2 Å². The van der Waals surface area contributed by atoms with Gasteiger partial charge < -0.3 is 19.9 Å². The summed E-state index contributed by atoms with van der Waals surface area (Å²) in [4.78, 5) is 11.1. The van der Waals surface area contributed by atoms with Crippen LogP contribution in [0.2, 0.25) is 0 Å². The molecule has 21 heavy (non-hydrogen) atoms. The Bertz CT molecular complexity index is 484. The number of methoxy groups -OCH3 is 1. The lowest BCUT2D eigenvalue weighted by molar-refractivity contribution is -0.141. The highest BCUT2D eigenvalue weighted by Gasteiger charge is 2.18. The Hall–Kier alpha value is -2.03. The van der Waals surface area contributed by atoms with Crippen LogP contribution in [0.5, 0.6) is 11.5 Å². The number of benzene rings is 1. The molecule has 1 aromatic carbocycles. The van der Waals surface area contributed by atoms with Gasteiger partial charge in [-0.25, -0.2) is 0 Å². The summed E-state index contributed by atoms with van der Waals surface area (Å²) in [6, 6.07) is 2.43. The number of hydrogen-bond acceptors (Lipinski definition) is 5. The van der Waals surface area contributed by atoms with Gasteiger partial charge in [-0.15, -0.1) is 0 Å². The van der Waals surface area contributed by atoms with Crippen molar-refractivity contribution in [3.8, 4) is 11.5 Å². The fourth-order valence-corrected chi connectivity index (χ4v) is 1.52. The van der Waals surface area contributed by atoms with Crippen LogP contribution in [0.25, 0.3) is 0 Å². The van der Waals surface area contributed by atoms with E-state index in [1.807, 2.05) is 0 Å². The van der Waals surface area contributed by atoms with E-state index in [1.54, 1.807) is 0 Å². The maximum atomic E-state index is 12.3. The van der Waals surface area contributed by atoms with Gasteiger partial charge in [0.1, 0.15) is 0 Å². The first kappa shape index (κ1) is 17.0. The summed E-state index contributed by atoms with van der Waals surface area (Å²) < 4.78 is 61.4. The quantitative estimate of drug-likeness (QED) is 0.618. The molecule has 0 saturated carbocycles. The molecule has 1 atom stereocenters. The van der Waals surface area contributed by atoms with E-state index in [0.717, 1.165) is 12.1 Å². The standard InChI is InChI=1S/C12H13F4NO4/c1-19-10(18)5-7(17)6-2-3-8(20-11(13)14)9(4-6)21-12(15)16/h2-4,7,11-12H,5,17H2,1H3. The Labute approximate surface area is 117 Å². The average Bonchev–Trinajstić information content (AvgIpc) is 2.39. The van der Waals surface area contributed by atoms with Crippen LogP contribution in [0.3, 0.4) is 0 Å². The van der Waals surface area contributed by atoms with Crippen LogP contribution in [0.4, 0.5) is 17.6 Å². The highest BCUT2D eigenvalue weighted by atomic mass is 19.3. The van der Waals surface area contributed by atoms with Gasteiger partial charge in [0.05, 0.1) is 13.5 Å². The second kappa shape index (κ2) is 7.67. The zero-order chi connectivity index (χ0) is 16.0. The summed E-state index contributed by atoms with van der Waals surface area (Å²) in [5.74, 6) is -1.76. The van der Waals surface area contributed by atoms with Crippen LogP contribution in [0, 0.1) is 0 Å². The zero-order valence-electron chi connectivity index (χ0n) is 10.9. The van der Waals surface area contributed by atoms with Crippen molar-refractivity contribution in [1.82, 2.24) is 0 Å². The van der Waals surface area contributed by atoms with Crippen molar-refractivity contribution in [2.45, 2.75) is 25.7 Å². The third kappa shape index (κ3) is 5.46. The molecule has 118 valence electrons. The molecule has 0 heterocycles. The number of halogens is 4. The Kier molecular flexibility index (Phi) is 6.22. The molecule has 0 spiro atoms. The highest BCUT2D eigenvalue weighted by molar-refractivity contribution is 5.70. The Morgan fingerprint density at radius 2 is 1.71 bits per heavy atom. The van der Waals surface area contributed by atoms with Gasteiger partial charge in [-0.05, 0) is 17.7 Å². The first-order valence-electron chi connectivity index (χ1n) is 5.69. The minimum atomic E-state index is -3.22. The van der Waals surface area contributed by atoms with E-state index >= 15 is 0 Å². The summed E-state index contributed by atoms with van der Waals surface area (Å²) in [7, 11) is 1.17. The average molecular weight is 311 g/mol. The number of carbonyl (C=O) groups is 1. The van der Waals surface area contributed by atoms with Crippen molar-refractivity contribution in [2.24, 2.45) is 5.73 Å². The van der Waals surface area contributed by atoms with Gasteiger partial charge in [-0.1, -0.05) is 6.07 Å². The van der Waals surface area contributed by atoms with Crippen molar-refractivity contribution in [3.63, 3.8) is 0 Å². The van der Waals surface area contributed by atoms with Crippen molar-refractivity contribution in [2.75, 3.05) is 7.11 Å². The Balaban J connectivity index is 2.99. The molecule has 0 saturated heterocycles. The molecular weight excluding hydrogens is 298 g/mol. The lowest BCUT2D eigenvalue weighted by Gasteiger charge is -2.15. The third-order valence-corrected chi connectivity index (χ3v) is 2.44. The first-order chi connectivity index (χ1) is 9.83. The fourth-order valence-electron chi connectivity index (χ4n) is 1.52. The van der Waals surface area contributed by atoms with E-state index in [9.17, 15) is 22.4 Å². The molecule has 0 bridgehead atoms. The highest BCUT2D eigenvalue weighted by Crippen LogP contribution is 2.33. The maximum Gasteiger partial charge on any atom is 0.387 e. The lowest BCUT2D eigenvalue weighted by atomic mass is 10.0. The van der Waals surface area contributed by atoms with E-state index in [4.69, 9.17) is 5.73 Å². The van der Waals surface area contributed by atoms with Crippen LogP contribution >= 0.6 is 0 Å². The number of carbonyl (C=O) groups excluding carboxylic acids is 1. The van der Waals surface area contributed by atoms with E-state index < -0.39 is 36.7 Å². The van der Waals surface area contributed by atoms with Crippen LogP contribution in [-0.2, 0) is 9.53 Å². The molecule has 5 nitrogen and oxygen atoms in total. The van der Waals surface area contributed by atoms with Crippen molar-refractivity contribution in [1.29, 1.82) is 0 Å². The predicted molar refractivity (Wildman–Crippen MR) is 63.3 cm³/mol. The second-order valence-electron chi connectivity index (χ2n) is 3.85. The van der Waals surface area contributed by atoms with Crippen molar-refractivity contribution >= 4 is 5.97 Å². The number of rotatable bonds is 7. The Morgan fingerprint density at radius 3 is 2.24 bits per heavy atom. The monoisotopic (exact) mass is 311 g/mol. The number of alkyl halides is 4. The minimum Gasteiger partial charge on any atom is -0.469 e. The number of ether oxygens (including phenoxy) is 3. The van der Waals surface area contributed by atoms with Crippen LogP contribution in [0.15, 0.2) is 18.2 Å². The zero-order valence-corrected chi connectivity index (χ0v) is 10.9. The van der Waals surface area contributed by atoms with Gasteiger partial charge in [0.2, 0.25) is 0 Å². The van der Waals surface area contributed by atoms with Gasteiger partial charge >= 0.3 is 19.2 Å². The molecule has 1 aromatic rings. The maximum absolute atomic E-state index is 12.3. The summed E-state index contributed by atoms with van der Waals surface area (Å²) >= 11 is 0. The lowest BCUT2D eigenvalue weighted by Crippen LogP contribution is -2.17. The third-order valence-electron chi connectivity index (χ3n) is 2.44. The summed E-state index contributed by atoms with van der Waals surface area (Å²) in [5.41, 5.74) is 5.92. The minimum absolute atomic E-state index is 0.209. The fraction of sp³-hybridized carbons (Fsp3) is 0.417. The van der Waals surface area contributed by atoms with Crippen LogP contribution in [-0.4, -0.2) is 26.3 Å². The first-order valence-corrected chi connectivity index (χ1v) is 5.69. The van der Waals surface area contributed by atoms with Gasteiger partial charge in [-0.3, -0.25) is 4.79 Å². The molecule has 0 aromatic heterocycles. The molecule has 0 aliphatic heterocycles. The van der Waals surface area contributed by atoms with Gasteiger partial charge in [0.25, 0.3) is 0 Å². The van der Waals surface area contributed by atoms with Gasteiger partial charge in [0.15, 0.2) is 11.5 Å². The SMILES string of the molecule is COC(=O)CC(N)c1ccc(OC(F)F)c(OC(F)F)c1. The second-order valence-corrected chi connectivity index (χ2v) is 3.85. The summed E-state index contributed by atoms with van der Waals surface area (Å²) in [6.45, 7) is -6.42. The van der Waals surface area contributed by atoms with E-state index in [0.29, 0.717) is 0 Å². The normalized spacial score (nSPS) is 12.4. The molecule has 2 N–H and O–H groups in total. The molecule has 0 amide bonds. The molecule has 0 aliphatic rings. The molecule has 9 heteroatoms. The molecule has 0 fully saturated rings. The van der Waals surface area contributed by atoms with Gasteiger partial charge in [-0.2, -0.15) is 17.6 Å². The van der Waals surface area contributed by atoms with Crippen molar-refractivity contribution in [3.05, 3.63) is 23.8 Å². The topological polar surface area (TPSA) is 70.8 Å². The largest absolute Gasteiger partial charge is 0.469 e. The number of nitrogens with two attached hydrogens (primary N) is 1. The number of hydrogen-bond donors (Lipinski definition) is 1. The number of esters is 1. The van der Waals surface area contributed by atoms with Crippen molar-refractivity contribution < 1.29 is 36.6 Å². The van der Waals surface area contributed by atoms with E-state index in [1.165, 1.54) is 13.2 Å². The summed E-state index contributed by atoms with van der Waals surface area (Å²) in [5, 5.41) is 0. The predicted octanol–water partition coefficient (Wildman–Crippen LogP) is 2.45. The molecule has 1 rings (SSSR count). The molecule has 1 unspecified atom stereocenters.